The predicted molar refractivity (Wildman–Crippen MR) is 121 cm³/mol. The minimum absolute atomic E-state index is 0. The van der Waals surface area contributed by atoms with Gasteiger partial charge < -0.3 is 9.84 Å². The Hall–Kier alpha value is 0.680. The van der Waals surface area contributed by atoms with Crippen LogP contribution in [0.1, 0.15) is 116 Å². The summed E-state index contributed by atoms with van der Waals surface area (Å²) >= 11 is 0. The Balaban J connectivity index is -0.00000312. The van der Waals surface area contributed by atoms with Crippen molar-refractivity contribution in [2.24, 2.45) is 0 Å². The van der Waals surface area contributed by atoms with Crippen molar-refractivity contribution in [1.82, 2.24) is 0 Å². The van der Waals surface area contributed by atoms with Gasteiger partial charge in [-0.05, 0) is 18.9 Å². The van der Waals surface area contributed by atoms with E-state index in [1.807, 2.05) is 6.08 Å². The summed E-state index contributed by atoms with van der Waals surface area (Å²) in [6.07, 6.45) is 22.8. The Morgan fingerprint density at radius 1 is 0.714 bits per heavy atom. The maximum atomic E-state index is 11.2. The van der Waals surface area contributed by atoms with E-state index in [0.29, 0.717) is 0 Å². The van der Waals surface area contributed by atoms with E-state index in [2.05, 4.69) is 6.92 Å². The average molecular weight is 417 g/mol. The third-order valence-electron chi connectivity index (χ3n) is 4.56. The van der Waals surface area contributed by atoms with Crippen LogP contribution in [0.25, 0.3) is 0 Å². The van der Waals surface area contributed by atoms with Crippen LogP contribution in [-0.2, 0) is 14.3 Å². The van der Waals surface area contributed by atoms with Crippen LogP contribution in [0.4, 0.5) is 0 Å². The fourth-order valence-electron chi connectivity index (χ4n) is 2.92. The Labute approximate surface area is 217 Å². The van der Waals surface area contributed by atoms with Crippen molar-refractivity contribution in [2.45, 2.75) is 116 Å². The second-order valence-electron chi connectivity index (χ2n) is 7.14. The Kier molecular flexibility index (Phi) is 32.9. The zero-order valence-corrected chi connectivity index (χ0v) is 16.8. The molecule has 156 valence electrons. The van der Waals surface area contributed by atoms with Gasteiger partial charge in [-0.1, -0.05) is 90.4 Å². The number of hydrogen-bond donors (Lipinski definition) is 1. The summed E-state index contributed by atoms with van der Waals surface area (Å²) in [5.74, 6) is -1.46. The number of aliphatic carboxylic acids is 1. The van der Waals surface area contributed by atoms with Crippen LogP contribution in [-0.4, -0.2) is 76.2 Å². The Bertz CT molecular complexity index is 374. The summed E-state index contributed by atoms with van der Waals surface area (Å²) in [6.45, 7) is 2.26. The molecule has 6 heteroatoms. The average Bonchev–Trinajstić information content (AvgIpc) is 2.62. The van der Waals surface area contributed by atoms with Crippen LogP contribution in [0.15, 0.2) is 12.3 Å². The van der Waals surface area contributed by atoms with Crippen molar-refractivity contribution in [2.75, 3.05) is 0 Å². The van der Waals surface area contributed by atoms with Crippen molar-refractivity contribution in [1.29, 1.82) is 0 Å². The van der Waals surface area contributed by atoms with E-state index in [4.69, 9.17) is 9.84 Å². The first-order valence-electron chi connectivity index (χ1n) is 10.7. The van der Waals surface area contributed by atoms with E-state index < -0.39 is 11.9 Å². The molecule has 0 saturated carbocycles. The molecule has 0 aromatic carbocycles. The molecule has 0 bridgehead atoms. The zero-order chi connectivity index (χ0) is 19.3. The number of carboxylic acid groups (broad SMARTS) is 1. The number of ether oxygens (including phenoxy) is 1. The molecule has 0 fully saturated rings. The molecule has 0 unspecified atom stereocenters. The number of hydrogen-bond acceptors (Lipinski definition) is 3. The molecule has 1 N–H and O–H groups in total. The second-order valence-corrected chi connectivity index (χ2v) is 7.14. The predicted octanol–water partition coefficient (Wildman–Crippen LogP) is 5.48. The number of rotatable bonds is 19. The molecule has 28 heavy (non-hydrogen) atoms. The fraction of sp³-hybridized carbons (Fsp3) is 0.818. The quantitative estimate of drug-likeness (QED) is 0.131. The van der Waals surface area contributed by atoms with Crippen LogP contribution >= 0.6 is 0 Å². The van der Waals surface area contributed by atoms with Gasteiger partial charge in [-0.2, -0.15) is 0 Å². The maximum absolute atomic E-state index is 11.2. The van der Waals surface area contributed by atoms with E-state index in [9.17, 15) is 9.59 Å². The van der Waals surface area contributed by atoms with Crippen LogP contribution in [0, 0.1) is 0 Å². The number of carboxylic acids is 1. The first kappa shape index (κ1) is 33.3. The van der Waals surface area contributed by atoms with Gasteiger partial charge in [0.2, 0.25) is 0 Å². The molecule has 0 aliphatic carbocycles. The first-order chi connectivity index (χ1) is 12.7. The number of esters is 1. The Morgan fingerprint density at radius 3 is 1.57 bits per heavy atom. The normalized spacial score (nSPS) is 10.3. The van der Waals surface area contributed by atoms with Gasteiger partial charge in [0, 0.05) is 0 Å². The van der Waals surface area contributed by atoms with Crippen molar-refractivity contribution in [3.8, 4) is 0 Å². The molecular formula is C22H42Na2O4. The van der Waals surface area contributed by atoms with Crippen molar-refractivity contribution in [3.05, 3.63) is 12.3 Å². The number of carbonyl (C=O) groups is 2. The van der Waals surface area contributed by atoms with Gasteiger partial charge in [0.1, 0.15) is 0 Å². The number of carbonyl (C=O) groups excluding carboxylic acids is 1. The van der Waals surface area contributed by atoms with Gasteiger partial charge in [0.25, 0.3) is 0 Å². The zero-order valence-electron chi connectivity index (χ0n) is 16.8. The van der Waals surface area contributed by atoms with Crippen LogP contribution in [0.3, 0.4) is 0 Å². The molecule has 0 aliphatic heterocycles. The van der Waals surface area contributed by atoms with Crippen molar-refractivity contribution >= 4 is 71.1 Å². The first-order valence-corrected chi connectivity index (χ1v) is 10.7. The van der Waals surface area contributed by atoms with E-state index in [-0.39, 0.29) is 72.0 Å². The molecule has 0 aliphatic rings. The molecule has 0 radical (unpaired) electrons. The van der Waals surface area contributed by atoms with Gasteiger partial charge in [0.15, 0.2) is 0 Å². The molecule has 0 spiro atoms. The van der Waals surface area contributed by atoms with E-state index in [1.54, 1.807) is 0 Å². The van der Waals surface area contributed by atoms with Gasteiger partial charge in [-0.3, -0.25) is 9.59 Å². The fourth-order valence-corrected chi connectivity index (χ4v) is 2.92. The van der Waals surface area contributed by atoms with Crippen LogP contribution in [0.2, 0.25) is 0 Å². The molecule has 0 aromatic rings. The SMILES string of the molecule is CCCCCCCCCCCCCCCC/C=C/OC(=O)CCC(=O)O.[NaH].[NaH]. The summed E-state index contributed by atoms with van der Waals surface area (Å²) in [7, 11) is 0. The summed E-state index contributed by atoms with van der Waals surface area (Å²) < 4.78 is 4.83. The summed E-state index contributed by atoms with van der Waals surface area (Å²) in [4.78, 5) is 21.5. The standard InChI is InChI=1S/C22H40O4.2Na.2H/c1-2-3-4-5-6-7-8-9-10-11-12-13-14-15-16-17-20-26-22(25)19-18-21(23)24;;;;/h17,20H,2-16,18-19H2,1H3,(H,23,24);;;;/b20-17+;;;;. The molecule has 0 saturated heterocycles. The topological polar surface area (TPSA) is 63.6 Å². The van der Waals surface area contributed by atoms with E-state index >= 15 is 0 Å². The molecule has 0 aromatic heterocycles. The molecule has 0 atom stereocenters. The molecule has 0 amide bonds. The number of allylic oxidation sites excluding steroid dienone is 1. The van der Waals surface area contributed by atoms with Crippen molar-refractivity contribution < 1.29 is 19.4 Å². The van der Waals surface area contributed by atoms with Gasteiger partial charge in [-0.15, -0.1) is 0 Å². The second kappa shape index (κ2) is 27.7. The summed E-state index contributed by atoms with van der Waals surface area (Å²) in [5.41, 5.74) is 0. The third-order valence-corrected chi connectivity index (χ3v) is 4.56. The molecule has 0 rings (SSSR count). The van der Waals surface area contributed by atoms with Crippen LogP contribution < -0.4 is 0 Å². The van der Waals surface area contributed by atoms with Gasteiger partial charge in [0.05, 0.1) is 19.1 Å². The Morgan fingerprint density at radius 2 is 1.14 bits per heavy atom. The van der Waals surface area contributed by atoms with E-state index in [0.717, 1.165) is 12.8 Å². The third kappa shape index (κ3) is 28.9. The van der Waals surface area contributed by atoms with Gasteiger partial charge in [-0.25, -0.2) is 0 Å². The van der Waals surface area contributed by atoms with Crippen molar-refractivity contribution in [3.63, 3.8) is 0 Å². The molecular weight excluding hydrogens is 374 g/mol. The van der Waals surface area contributed by atoms with Gasteiger partial charge >= 0.3 is 71.1 Å². The minimum atomic E-state index is -0.978. The summed E-state index contributed by atoms with van der Waals surface area (Å²) in [6, 6.07) is 0. The monoisotopic (exact) mass is 416 g/mol. The molecule has 4 nitrogen and oxygen atoms in total. The summed E-state index contributed by atoms with van der Waals surface area (Å²) in [5, 5.41) is 8.46. The van der Waals surface area contributed by atoms with Crippen LogP contribution in [0.5, 0.6) is 0 Å². The molecule has 0 heterocycles. The van der Waals surface area contributed by atoms with E-state index in [1.165, 1.54) is 89.7 Å². The number of unbranched alkanes of at least 4 members (excludes halogenated alkanes) is 14.